The SMILES string of the molecule is CCC[C@@H](NC(=O)NC(C)c1cc(C)sc1C)C(=O)O. The van der Waals surface area contributed by atoms with Crippen LogP contribution < -0.4 is 10.6 Å². The number of hydrogen-bond donors (Lipinski definition) is 3. The number of aryl methyl sites for hydroxylation is 2. The molecule has 0 fully saturated rings. The van der Waals surface area contributed by atoms with Gasteiger partial charge in [-0.15, -0.1) is 11.3 Å². The Kier molecular flexibility index (Phi) is 6.01. The quantitative estimate of drug-likeness (QED) is 0.755. The van der Waals surface area contributed by atoms with Crippen LogP contribution in [-0.2, 0) is 4.79 Å². The molecule has 3 N–H and O–H groups in total. The lowest BCUT2D eigenvalue weighted by atomic mass is 10.1. The first-order valence-corrected chi connectivity index (χ1v) is 7.53. The first kappa shape index (κ1) is 16.5. The third kappa shape index (κ3) is 4.52. The van der Waals surface area contributed by atoms with Gasteiger partial charge in [-0.05, 0) is 38.8 Å². The maximum absolute atomic E-state index is 11.9. The van der Waals surface area contributed by atoms with Gasteiger partial charge in [0, 0.05) is 9.75 Å². The molecule has 1 rings (SSSR count). The van der Waals surface area contributed by atoms with Gasteiger partial charge in [-0.25, -0.2) is 9.59 Å². The summed E-state index contributed by atoms with van der Waals surface area (Å²) in [7, 11) is 0. The summed E-state index contributed by atoms with van der Waals surface area (Å²) in [6.45, 7) is 7.81. The van der Waals surface area contributed by atoms with Crippen molar-refractivity contribution in [2.75, 3.05) is 0 Å². The van der Waals surface area contributed by atoms with Crippen LogP contribution in [0.5, 0.6) is 0 Å². The second-order valence-corrected chi connectivity index (χ2v) is 6.35. The number of urea groups is 1. The molecule has 2 amide bonds. The number of rotatable bonds is 6. The van der Waals surface area contributed by atoms with Gasteiger partial charge in [-0.2, -0.15) is 0 Å². The number of carbonyl (C=O) groups is 2. The number of carboxylic acid groups (broad SMARTS) is 1. The molecule has 1 aromatic heterocycles. The number of carboxylic acids is 1. The van der Waals surface area contributed by atoms with E-state index in [1.54, 1.807) is 11.3 Å². The average molecular weight is 298 g/mol. The van der Waals surface area contributed by atoms with Crippen LogP contribution >= 0.6 is 11.3 Å². The summed E-state index contributed by atoms with van der Waals surface area (Å²) in [5.74, 6) is -1.00. The molecule has 0 aliphatic carbocycles. The van der Waals surface area contributed by atoms with Crippen LogP contribution in [0.15, 0.2) is 6.07 Å². The number of aliphatic carboxylic acids is 1. The van der Waals surface area contributed by atoms with Crippen LogP contribution in [0.1, 0.15) is 48.0 Å². The van der Waals surface area contributed by atoms with E-state index in [-0.39, 0.29) is 6.04 Å². The molecule has 0 radical (unpaired) electrons. The van der Waals surface area contributed by atoms with Gasteiger partial charge < -0.3 is 15.7 Å². The van der Waals surface area contributed by atoms with Crippen LogP contribution in [0.4, 0.5) is 4.79 Å². The van der Waals surface area contributed by atoms with E-state index in [1.165, 1.54) is 9.75 Å². The summed E-state index contributed by atoms with van der Waals surface area (Å²) in [5.41, 5.74) is 1.07. The van der Waals surface area contributed by atoms with Crippen LogP contribution in [0.25, 0.3) is 0 Å². The highest BCUT2D eigenvalue weighted by Crippen LogP contribution is 2.25. The molecule has 0 aliphatic heterocycles. The molecule has 0 saturated heterocycles. The highest BCUT2D eigenvalue weighted by molar-refractivity contribution is 7.12. The molecule has 2 atom stereocenters. The fraction of sp³-hybridized carbons (Fsp3) is 0.571. The van der Waals surface area contributed by atoms with E-state index in [1.807, 2.05) is 33.8 Å². The van der Waals surface area contributed by atoms with E-state index in [0.29, 0.717) is 12.8 Å². The molecule has 112 valence electrons. The molecular formula is C14H22N2O3S. The largest absolute Gasteiger partial charge is 0.480 e. The second kappa shape index (κ2) is 7.28. The van der Waals surface area contributed by atoms with Gasteiger partial charge in [0.1, 0.15) is 6.04 Å². The molecule has 0 saturated carbocycles. The van der Waals surface area contributed by atoms with Crippen molar-refractivity contribution in [3.05, 3.63) is 21.4 Å². The first-order valence-electron chi connectivity index (χ1n) is 6.71. The summed E-state index contributed by atoms with van der Waals surface area (Å²) in [6.07, 6.45) is 1.13. The predicted molar refractivity (Wildman–Crippen MR) is 80.2 cm³/mol. The van der Waals surface area contributed by atoms with Crippen molar-refractivity contribution >= 4 is 23.3 Å². The van der Waals surface area contributed by atoms with Gasteiger partial charge in [0.05, 0.1) is 6.04 Å². The first-order chi connectivity index (χ1) is 9.35. The zero-order valence-corrected chi connectivity index (χ0v) is 13.1. The standard InChI is InChI=1S/C14H22N2O3S/c1-5-6-12(13(17)18)16-14(19)15-9(3)11-7-8(2)20-10(11)4/h7,9,12H,5-6H2,1-4H3,(H,17,18)(H2,15,16,19)/t9?,12-/m1/s1. The van der Waals surface area contributed by atoms with E-state index in [4.69, 9.17) is 5.11 Å². The van der Waals surface area contributed by atoms with E-state index < -0.39 is 18.0 Å². The van der Waals surface area contributed by atoms with Gasteiger partial charge in [0.25, 0.3) is 0 Å². The van der Waals surface area contributed by atoms with Crippen LogP contribution in [0, 0.1) is 13.8 Å². The summed E-state index contributed by atoms with van der Waals surface area (Å²) >= 11 is 1.69. The Balaban J connectivity index is 2.61. The Bertz CT molecular complexity index is 485. The number of amides is 2. The van der Waals surface area contributed by atoms with E-state index in [9.17, 15) is 9.59 Å². The molecule has 1 heterocycles. The minimum absolute atomic E-state index is 0.143. The zero-order valence-electron chi connectivity index (χ0n) is 12.3. The molecule has 5 nitrogen and oxygen atoms in total. The van der Waals surface area contributed by atoms with Crippen molar-refractivity contribution in [1.82, 2.24) is 10.6 Å². The van der Waals surface area contributed by atoms with Gasteiger partial charge >= 0.3 is 12.0 Å². The summed E-state index contributed by atoms with van der Waals surface area (Å²) < 4.78 is 0. The van der Waals surface area contributed by atoms with Gasteiger partial charge in [0.15, 0.2) is 0 Å². The third-order valence-corrected chi connectivity index (χ3v) is 4.06. The summed E-state index contributed by atoms with van der Waals surface area (Å²) in [4.78, 5) is 25.2. The second-order valence-electron chi connectivity index (χ2n) is 4.89. The Hall–Kier alpha value is -1.56. The van der Waals surface area contributed by atoms with Crippen molar-refractivity contribution in [2.24, 2.45) is 0 Å². The minimum Gasteiger partial charge on any atom is -0.480 e. The number of thiophene rings is 1. The van der Waals surface area contributed by atoms with E-state index in [0.717, 1.165) is 5.56 Å². The molecule has 20 heavy (non-hydrogen) atoms. The molecule has 0 spiro atoms. The van der Waals surface area contributed by atoms with E-state index >= 15 is 0 Å². The Morgan fingerprint density at radius 3 is 2.45 bits per heavy atom. The van der Waals surface area contributed by atoms with Crippen molar-refractivity contribution in [1.29, 1.82) is 0 Å². The number of carbonyl (C=O) groups excluding carboxylic acids is 1. The lowest BCUT2D eigenvalue weighted by Gasteiger charge is -2.18. The van der Waals surface area contributed by atoms with Gasteiger partial charge in [0.2, 0.25) is 0 Å². The van der Waals surface area contributed by atoms with Crippen molar-refractivity contribution in [2.45, 2.75) is 52.6 Å². The highest BCUT2D eigenvalue weighted by Gasteiger charge is 2.20. The summed E-state index contributed by atoms with van der Waals surface area (Å²) in [6, 6.07) is 0.626. The topological polar surface area (TPSA) is 78.4 Å². The molecule has 1 aromatic rings. The Morgan fingerprint density at radius 2 is 2.00 bits per heavy atom. The lowest BCUT2D eigenvalue weighted by molar-refractivity contribution is -0.139. The average Bonchev–Trinajstić information content (AvgIpc) is 2.67. The monoisotopic (exact) mass is 298 g/mol. The van der Waals surface area contributed by atoms with Crippen molar-refractivity contribution in [3.63, 3.8) is 0 Å². The summed E-state index contributed by atoms with van der Waals surface area (Å²) in [5, 5.41) is 14.3. The maximum atomic E-state index is 11.9. The lowest BCUT2D eigenvalue weighted by Crippen LogP contribution is -2.46. The maximum Gasteiger partial charge on any atom is 0.326 e. The minimum atomic E-state index is -1.00. The van der Waals surface area contributed by atoms with Crippen LogP contribution in [-0.4, -0.2) is 23.1 Å². The molecule has 6 heteroatoms. The smallest absolute Gasteiger partial charge is 0.326 e. The Labute approximate surface area is 123 Å². The normalized spacial score (nSPS) is 13.6. The molecule has 1 unspecified atom stereocenters. The number of nitrogens with one attached hydrogen (secondary N) is 2. The zero-order chi connectivity index (χ0) is 15.3. The van der Waals surface area contributed by atoms with Crippen molar-refractivity contribution < 1.29 is 14.7 Å². The van der Waals surface area contributed by atoms with Crippen molar-refractivity contribution in [3.8, 4) is 0 Å². The molecule has 0 aromatic carbocycles. The van der Waals surface area contributed by atoms with Gasteiger partial charge in [-0.3, -0.25) is 0 Å². The molecule has 0 aliphatic rings. The van der Waals surface area contributed by atoms with Crippen LogP contribution in [0.3, 0.4) is 0 Å². The molecular weight excluding hydrogens is 276 g/mol. The third-order valence-electron chi connectivity index (χ3n) is 3.07. The van der Waals surface area contributed by atoms with Gasteiger partial charge in [-0.1, -0.05) is 13.3 Å². The predicted octanol–water partition coefficient (Wildman–Crippen LogP) is 2.98. The molecule has 0 bridgehead atoms. The number of hydrogen-bond acceptors (Lipinski definition) is 3. The fourth-order valence-corrected chi connectivity index (χ4v) is 3.12. The highest BCUT2D eigenvalue weighted by atomic mass is 32.1. The fourth-order valence-electron chi connectivity index (χ4n) is 2.10. The Morgan fingerprint density at radius 1 is 1.35 bits per heavy atom. The van der Waals surface area contributed by atoms with Crippen LogP contribution in [0.2, 0.25) is 0 Å². The van der Waals surface area contributed by atoms with E-state index in [2.05, 4.69) is 10.6 Å².